The normalized spacial score (nSPS) is 26.7. The molecule has 8 rings (SSSR count). The highest BCUT2D eigenvalue weighted by Crippen LogP contribution is 2.45. The molecule has 4 aliphatic heterocycles. The Morgan fingerprint density at radius 1 is 0.632 bits per heavy atom. The van der Waals surface area contributed by atoms with Crippen LogP contribution in [0, 0.1) is 0 Å². The van der Waals surface area contributed by atoms with Crippen LogP contribution >= 0.6 is 0 Å². The molecule has 4 fully saturated rings. The minimum atomic E-state index is -2.50. The molecular formula is C46H68F2N4O5. The predicted molar refractivity (Wildman–Crippen MR) is 219 cm³/mol. The number of carbonyl (C=O) groups is 1. The molecule has 2 saturated heterocycles. The molecule has 2 unspecified atom stereocenters. The molecule has 2 aromatic carbocycles. The first-order valence-electron chi connectivity index (χ1n) is 22.1. The van der Waals surface area contributed by atoms with Crippen LogP contribution in [-0.4, -0.2) is 132 Å². The van der Waals surface area contributed by atoms with Crippen LogP contribution < -0.4 is 9.47 Å². The molecule has 2 saturated carbocycles. The van der Waals surface area contributed by atoms with Crippen molar-refractivity contribution < 1.29 is 33.3 Å². The molecule has 9 nitrogen and oxygen atoms in total. The van der Waals surface area contributed by atoms with E-state index in [2.05, 4.69) is 64.0 Å². The number of halogens is 2. The van der Waals surface area contributed by atoms with Gasteiger partial charge in [-0.25, -0.2) is 8.78 Å². The van der Waals surface area contributed by atoms with E-state index in [0.717, 1.165) is 109 Å². The molecule has 11 heteroatoms. The fraction of sp³-hybridized carbons (Fsp3) is 0.717. The summed E-state index contributed by atoms with van der Waals surface area (Å²) in [6, 6.07) is 12.7. The third-order valence-electron chi connectivity index (χ3n) is 13.9. The van der Waals surface area contributed by atoms with Crippen molar-refractivity contribution in [1.29, 1.82) is 0 Å². The monoisotopic (exact) mass is 795 g/mol. The SMILES string of the molecule is CN1Cc2cc(OCCN3CCC(=O)CC3)ccc2C(C2(O)CCCCC2)C1.CN1Cc2cc(OCCN3CCC(F)(F)CC3)ccc2C(C2(O)CCCCC2)C1. The van der Waals surface area contributed by atoms with E-state index in [-0.39, 0.29) is 24.7 Å². The van der Waals surface area contributed by atoms with Crippen molar-refractivity contribution in [3.05, 3.63) is 58.7 Å². The molecule has 2 aliphatic carbocycles. The van der Waals surface area contributed by atoms with Crippen LogP contribution in [0.4, 0.5) is 8.78 Å². The van der Waals surface area contributed by atoms with E-state index in [1.807, 2.05) is 6.07 Å². The van der Waals surface area contributed by atoms with Crippen LogP contribution in [0.15, 0.2) is 36.4 Å². The molecule has 2 aromatic rings. The molecule has 0 radical (unpaired) electrons. The molecule has 4 heterocycles. The van der Waals surface area contributed by atoms with Crippen LogP contribution in [0.25, 0.3) is 0 Å². The molecule has 2 N–H and O–H groups in total. The van der Waals surface area contributed by atoms with Gasteiger partial charge in [-0.05, 0) is 86.3 Å². The second-order valence-electron chi connectivity index (χ2n) is 18.3. The van der Waals surface area contributed by atoms with Gasteiger partial charge in [0.05, 0.1) is 11.2 Å². The summed E-state index contributed by atoms with van der Waals surface area (Å²) in [6.45, 7) is 8.88. The number of likely N-dealkylation sites (tertiary alicyclic amines) is 2. The number of fused-ring (bicyclic) bond motifs is 2. The lowest BCUT2D eigenvalue weighted by Gasteiger charge is -2.44. The van der Waals surface area contributed by atoms with Crippen LogP contribution in [0.1, 0.15) is 124 Å². The summed E-state index contributed by atoms with van der Waals surface area (Å²) in [6.07, 6.45) is 11.8. The fourth-order valence-corrected chi connectivity index (χ4v) is 10.5. The van der Waals surface area contributed by atoms with Crippen molar-refractivity contribution in [3.8, 4) is 11.5 Å². The Morgan fingerprint density at radius 2 is 1.05 bits per heavy atom. The summed E-state index contributed by atoms with van der Waals surface area (Å²) in [5, 5.41) is 22.7. The molecule has 6 aliphatic rings. The molecule has 57 heavy (non-hydrogen) atoms. The van der Waals surface area contributed by atoms with Crippen LogP contribution in [0.3, 0.4) is 0 Å². The largest absolute Gasteiger partial charge is 0.492 e. The zero-order chi connectivity index (χ0) is 40.0. The fourth-order valence-electron chi connectivity index (χ4n) is 10.5. The smallest absolute Gasteiger partial charge is 0.250 e. The third kappa shape index (κ3) is 10.9. The van der Waals surface area contributed by atoms with E-state index < -0.39 is 17.1 Å². The Balaban J connectivity index is 0.000000174. The highest BCUT2D eigenvalue weighted by Gasteiger charge is 2.43. The van der Waals surface area contributed by atoms with Gasteiger partial charge in [0.25, 0.3) is 5.92 Å². The predicted octanol–water partition coefficient (Wildman–Crippen LogP) is 6.98. The van der Waals surface area contributed by atoms with Gasteiger partial charge >= 0.3 is 0 Å². The van der Waals surface area contributed by atoms with Gasteiger partial charge in [0, 0.05) is 103 Å². The lowest BCUT2D eigenvalue weighted by atomic mass is 9.70. The van der Waals surface area contributed by atoms with Crippen molar-refractivity contribution in [2.75, 3.05) is 79.7 Å². The van der Waals surface area contributed by atoms with Crippen molar-refractivity contribution in [3.63, 3.8) is 0 Å². The number of piperidine rings is 2. The Hall–Kier alpha value is -2.67. The summed E-state index contributed by atoms with van der Waals surface area (Å²) in [7, 11) is 4.26. The minimum absolute atomic E-state index is 0.0531. The van der Waals surface area contributed by atoms with E-state index in [4.69, 9.17) is 9.47 Å². The average molecular weight is 795 g/mol. The summed E-state index contributed by atoms with van der Waals surface area (Å²) < 4.78 is 38.5. The zero-order valence-electron chi connectivity index (χ0n) is 34.7. The van der Waals surface area contributed by atoms with E-state index in [0.29, 0.717) is 51.5 Å². The number of ether oxygens (including phenoxy) is 2. The van der Waals surface area contributed by atoms with Crippen LogP contribution in [0.5, 0.6) is 11.5 Å². The van der Waals surface area contributed by atoms with Crippen LogP contribution in [-0.2, 0) is 17.9 Å². The number of Topliss-reactive ketones (excluding diaryl/α,β-unsaturated/α-hetero) is 1. The molecule has 0 amide bonds. The Morgan fingerprint density at radius 3 is 1.49 bits per heavy atom. The van der Waals surface area contributed by atoms with Crippen molar-refractivity contribution in [1.82, 2.24) is 19.6 Å². The van der Waals surface area contributed by atoms with E-state index >= 15 is 0 Å². The Kier molecular flexibility index (Phi) is 13.9. The van der Waals surface area contributed by atoms with Gasteiger partial charge in [-0.3, -0.25) is 14.6 Å². The van der Waals surface area contributed by atoms with Gasteiger partial charge in [-0.15, -0.1) is 0 Å². The topological polar surface area (TPSA) is 89.0 Å². The second-order valence-corrected chi connectivity index (χ2v) is 18.3. The first kappa shape index (κ1) is 42.5. The van der Waals surface area contributed by atoms with Gasteiger partial charge in [-0.2, -0.15) is 0 Å². The molecule has 2 atom stereocenters. The third-order valence-corrected chi connectivity index (χ3v) is 13.9. The molecule has 316 valence electrons. The second kappa shape index (κ2) is 18.7. The van der Waals surface area contributed by atoms with E-state index in [9.17, 15) is 23.8 Å². The number of ketones is 1. The number of nitrogens with zero attached hydrogens (tertiary/aromatic N) is 4. The maximum absolute atomic E-state index is 13.3. The van der Waals surface area contributed by atoms with Crippen molar-refractivity contribution >= 4 is 5.78 Å². The maximum atomic E-state index is 13.3. The maximum Gasteiger partial charge on any atom is 0.250 e. The number of hydrogen-bond donors (Lipinski definition) is 2. The number of benzene rings is 2. The minimum Gasteiger partial charge on any atom is -0.492 e. The summed E-state index contributed by atoms with van der Waals surface area (Å²) in [4.78, 5) is 20.3. The van der Waals surface area contributed by atoms with E-state index in [1.54, 1.807) is 0 Å². The Labute approximate surface area is 339 Å². The number of aliphatic hydroxyl groups is 2. The Bertz CT molecular complexity index is 1630. The highest BCUT2D eigenvalue weighted by molar-refractivity contribution is 5.79. The highest BCUT2D eigenvalue weighted by atomic mass is 19.3. The van der Waals surface area contributed by atoms with Crippen LogP contribution in [0.2, 0.25) is 0 Å². The van der Waals surface area contributed by atoms with E-state index in [1.165, 1.54) is 35.1 Å². The molecule has 0 spiro atoms. The standard InChI is InChI=1S/C23H34F2N2O2.C23H34N2O3/c1-26-16-18-15-19(29-14-13-27-11-9-23(24,25)10-12-27)5-6-20(18)21(17-26)22(28)7-3-2-4-8-22;1-24-16-18-15-20(28-14-13-25-11-7-19(26)8-12-25)5-6-21(18)22(17-24)23(27)9-3-2-4-10-23/h5-6,15,21,28H,2-4,7-14,16-17H2,1H3;5-6,15,22,27H,2-4,7-14,16-17H2,1H3. The van der Waals surface area contributed by atoms with Crippen molar-refractivity contribution in [2.24, 2.45) is 0 Å². The van der Waals surface area contributed by atoms with Gasteiger partial charge in [-0.1, -0.05) is 50.7 Å². The number of carbonyl (C=O) groups excluding carboxylic acids is 1. The lowest BCUT2D eigenvalue weighted by molar-refractivity contribution is -0.121. The quantitative estimate of drug-likeness (QED) is 0.265. The first-order chi connectivity index (χ1) is 27.4. The van der Waals surface area contributed by atoms with Gasteiger partial charge < -0.3 is 29.5 Å². The number of alkyl halides is 2. The summed E-state index contributed by atoms with van der Waals surface area (Å²) in [5.74, 6) is -0.0274. The van der Waals surface area contributed by atoms with Gasteiger partial charge in [0.1, 0.15) is 30.5 Å². The molecule has 0 bridgehead atoms. The first-order valence-corrected chi connectivity index (χ1v) is 22.1. The summed E-state index contributed by atoms with van der Waals surface area (Å²) in [5.41, 5.74) is 3.94. The number of likely N-dealkylation sites (N-methyl/N-ethyl adjacent to an activating group) is 2. The number of hydrogen-bond acceptors (Lipinski definition) is 9. The summed E-state index contributed by atoms with van der Waals surface area (Å²) >= 11 is 0. The molecular weight excluding hydrogens is 727 g/mol. The number of rotatable bonds is 10. The van der Waals surface area contributed by atoms with Crippen molar-refractivity contribution in [2.45, 2.75) is 132 Å². The average Bonchev–Trinajstić information content (AvgIpc) is 3.19. The zero-order valence-corrected chi connectivity index (χ0v) is 34.7. The lowest BCUT2D eigenvalue weighted by Crippen LogP contribution is -2.46. The van der Waals surface area contributed by atoms with Gasteiger partial charge in [0.15, 0.2) is 0 Å². The molecule has 0 aromatic heterocycles. The van der Waals surface area contributed by atoms with Gasteiger partial charge in [0.2, 0.25) is 0 Å².